The fraction of sp³-hybridized carbons (Fsp3) is 0.250. The minimum Gasteiger partial charge on any atom is -0.492 e. The molecule has 0 saturated heterocycles. The van der Waals surface area contributed by atoms with E-state index < -0.39 is 11.6 Å². The summed E-state index contributed by atoms with van der Waals surface area (Å²) in [7, 11) is 1.77. The van der Waals surface area contributed by atoms with Gasteiger partial charge >= 0.3 is 0 Å². The van der Waals surface area contributed by atoms with E-state index >= 15 is 0 Å². The third-order valence-corrected chi connectivity index (χ3v) is 3.37. The van der Waals surface area contributed by atoms with Gasteiger partial charge in [-0.3, -0.25) is 0 Å². The molecule has 2 nitrogen and oxygen atoms in total. The Kier molecular flexibility index (Phi) is 5.53. The lowest BCUT2D eigenvalue weighted by Gasteiger charge is -2.17. The lowest BCUT2D eigenvalue weighted by atomic mass is 10.1. The van der Waals surface area contributed by atoms with Crippen molar-refractivity contribution in [3.05, 3.63) is 64.7 Å². The average Bonchev–Trinajstić information content (AvgIpc) is 2.45. The largest absolute Gasteiger partial charge is 0.492 e. The van der Waals surface area contributed by atoms with Crippen LogP contribution in [0.4, 0.5) is 8.78 Å². The van der Waals surface area contributed by atoms with Crippen LogP contribution in [0.1, 0.15) is 5.56 Å². The molecule has 2 rings (SSSR count). The Labute approximate surface area is 127 Å². The minimum atomic E-state index is -0.576. The van der Waals surface area contributed by atoms with Crippen LogP contribution >= 0.6 is 11.6 Å². The van der Waals surface area contributed by atoms with Crippen molar-refractivity contribution in [1.82, 2.24) is 5.32 Å². The van der Waals surface area contributed by atoms with Crippen LogP contribution in [0.2, 0.25) is 5.02 Å². The highest BCUT2D eigenvalue weighted by Gasteiger charge is 2.12. The average molecular weight is 312 g/mol. The Hall–Kier alpha value is -1.65. The zero-order valence-electron chi connectivity index (χ0n) is 11.6. The van der Waals surface area contributed by atoms with Gasteiger partial charge in [-0.1, -0.05) is 23.7 Å². The standard InChI is InChI=1S/C16H16ClF2NO/c1-20-14(7-11-5-6-13(18)9-16(11)19)10-21-15-4-2-3-12(17)8-15/h2-6,8-9,14,20H,7,10H2,1H3. The maximum absolute atomic E-state index is 13.6. The van der Waals surface area contributed by atoms with Crippen LogP contribution in [0, 0.1) is 11.6 Å². The highest BCUT2D eigenvalue weighted by atomic mass is 35.5. The molecule has 112 valence electrons. The van der Waals surface area contributed by atoms with Crippen LogP contribution in [0.25, 0.3) is 0 Å². The van der Waals surface area contributed by atoms with Gasteiger partial charge in [-0.15, -0.1) is 0 Å². The normalized spacial score (nSPS) is 12.2. The Bertz CT molecular complexity index is 607. The second-order valence-corrected chi connectivity index (χ2v) is 5.13. The summed E-state index contributed by atoms with van der Waals surface area (Å²) in [6, 6.07) is 10.6. The fourth-order valence-electron chi connectivity index (χ4n) is 1.95. The number of nitrogens with one attached hydrogen (secondary N) is 1. The van der Waals surface area contributed by atoms with Crippen LogP contribution in [0.15, 0.2) is 42.5 Å². The highest BCUT2D eigenvalue weighted by Crippen LogP contribution is 2.18. The van der Waals surface area contributed by atoms with Crippen LogP contribution in [-0.2, 0) is 6.42 Å². The maximum Gasteiger partial charge on any atom is 0.129 e. The van der Waals surface area contributed by atoms with Gasteiger partial charge in [0.05, 0.1) is 0 Å². The van der Waals surface area contributed by atoms with Crippen molar-refractivity contribution in [3.8, 4) is 5.75 Å². The summed E-state index contributed by atoms with van der Waals surface area (Å²) >= 11 is 5.88. The lowest BCUT2D eigenvalue weighted by Crippen LogP contribution is -2.34. The molecule has 0 aliphatic carbocycles. The van der Waals surface area contributed by atoms with Crippen molar-refractivity contribution < 1.29 is 13.5 Å². The predicted molar refractivity (Wildman–Crippen MR) is 79.9 cm³/mol. The van der Waals surface area contributed by atoms with Gasteiger partial charge in [0.15, 0.2) is 0 Å². The van der Waals surface area contributed by atoms with Crippen LogP contribution in [-0.4, -0.2) is 19.7 Å². The molecule has 0 aromatic heterocycles. The molecule has 1 N–H and O–H groups in total. The van der Waals surface area contributed by atoms with Gasteiger partial charge in [-0.25, -0.2) is 8.78 Å². The first-order valence-corrected chi connectivity index (χ1v) is 6.96. The lowest BCUT2D eigenvalue weighted by molar-refractivity contribution is 0.269. The van der Waals surface area contributed by atoms with Crippen molar-refractivity contribution in [3.63, 3.8) is 0 Å². The fourth-order valence-corrected chi connectivity index (χ4v) is 2.13. The molecule has 1 atom stereocenters. The molecule has 0 aliphatic heterocycles. The molecule has 0 saturated carbocycles. The molecule has 0 fully saturated rings. The monoisotopic (exact) mass is 311 g/mol. The molecule has 1 unspecified atom stereocenters. The van der Waals surface area contributed by atoms with E-state index in [1.165, 1.54) is 12.1 Å². The first-order valence-electron chi connectivity index (χ1n) is 6.58. The number of ether oxygens (including phenoxy) is 1. The summed E-state index contributed by atoms with van der Waals surface area (Å²) < 4.78 is 32.2. The molecule has 0 aliphatic rings. The number of hydrogen-bond donors (Lipinski definition) is 1. The van der Waals surface area contributed by atoms with E-state index in [1.807, 2.05) is 0 Å². The van der Waals surface area contributed by atoms with Crippen molar-refractivity contribution in [1.29, 1.82) is 0 Å². The number of benzene rings is 2. The number of likely N-dealkylation sites (N-methyl/N-ethyl adjacent to an activating group) is 1. The summed E-state index contributed by atoms with van der Waals surface area (Å²) in [6.45, 7) is 0.355. The number of rotatable bonds is 6. The molecular formula is C16H16ClF2NO. The first kappa shape index (κ1) is 15.7. The predicted octanol–water partition coefficient (Wildman–Crippen LogP) is 3.83. The van der Waals surface area contributed by atoms with Crippen LogP contribution < -0.4 is 10.1 Å². The molecule has 2 aromatic rings. The molecule has 5 heteroatoms. The second kappa shape index (κ2) is 7.38. The zero-order valence-corrected chi connectivity index (χ0v) is 12.3. The molecule has 0 heterocycles. The van der Waals surface area contributed by atoms with E-state index in [0.29, 0.717) is 29.4 Å². The van der Waals surface area contributed by atoms with E-state index in [0.717, 1.165) is 6.07 Å². The topological polar surface area (TPSA) is 21.3 Å². The first-order chi connectivity index (χ1) is 10.1. The quantitative estimate of drug-likeness (QED) is 0.875. The molecule has 2 aromatic carbocycles. The summed E-state index contributed by atoms with van der Waals surface area (Å²) in [5.74, 6) is -0.465. The number of halogens is 3. The molecule has 0 bridgehead atoms. The van der Waals surface area contributed by atoms with Crippen LogP contribution in [0.5, 0.6) is 5.75 Å². The van der Waals surface area contributed by atoms with E-state index in [9.17, 15) is 8.78 Å². The van der Waals surface area contributed by atoms with Gasteiger partial charge in [-0.05, 0) is 43.3 Å². The number of hydrogen-bond acceptors (Lipinski definition) is 2. The zero-order chi connectivity index (χ0) is 15.2. The van der Waals surface area contributed by atoms with E-state index in [1.54, 1.807) is 31.3 Å². The Balaban J connectivity index is 1.97. The molecule has 0 radical (unpaired) electrons. The van der Waals surface area contributed by atoms with Gasteiger partial charge in [0, 0.05) is 17.1 Å². The van der Waals surface area contributed by atoms with Gasteiger partial charge in [0.25, 0.3) is 0 Å². The second-order valence-electron chi connectivity index (χ2n) is 4.69. The minimum absolute atomic E-state index is 0.0936. The summed E-state index contributed by atoms with van der Waals surface area (Å²) in [5, 5.41) is 3.65. The van der Waals surface area contributed by atoms with Crippen molar-refractivity contribution >= 4 is 11.6 Å². The van der Waals surface area contributed by atoms with Gasteiger partial charge in [0.2, 0.25) is 0 Å². The summed E-state index contributed by atoms with van der Waals surface area (Å²) in [5.41, 5.74) is 0.449. The van der Waals surface area contributed by atoms with Gasteiger partial charge in [-0.2, -0.15) is 0 Å². The van der Waals surface area contributed by atoms with E-state index in [-0.39, 0.29) is 6.04 Å². The van der Waals surface area contributed by atoms with Crippen LogP contribution in [0.3, 0.4) is 0 Å². The van der Waals surface area contributed by atoms with Gasteiger partial charge < -0.3 is 10.1 Å². The summed E-state index contributed by atoms with van der Waals surface area (Å²) in [6.07, 6.45) is 0.406. The Morgan fingerprint density at radius 1 is 1.19 bits per heavy atom. The molecule has 0 amide bonds. The molecular weight excluding hydrogens is 296 g/mol. The van der Waals surface area contributed by atoms with E-state index in [2.05, 4.69) is 5.32 Å². The third kappa shape index (κ3) is 4.69. The smallest absolute Gasteiger partial charge is 0.129 e. The molecule has 0 spiro atoms. The SMILES string of the molecule is CNC(COc1cccc(Cl)c1)Cc1ccc(F)cc1F. The van der Waals surface area contributed by atoms with Gasteiger partial charge in [0.1, 0.15) is 24.0 Å². The van der Waals surface area contributed by atoms with Crippen molar-refractivity contribution in [2.24, 2.45) is 0 Å². The van der Waals surface area contributed by atoms with Crippen molar-refractivity contribution in [2.75, 3.05) is 13.7 Å². The highest BCUT2D eigenvalue weighted by molar-refractivity contribution is 6.30. The summed E-state index contributed by atoms with van der Waals surface area (Å²) in [4.78, 5) is 0. The Morgan fingerprint density at radius 3 is 2.67 bits per heavy atom. The molecule has 21 heavy (non-hydrogen) atoms. The van der Waals surface area contributed by atoms with E-state index in [4.69, 9.17) is 16.3 Å². The third-order valence-electron chi connectivity index (χ3n) is 3.14. The van der Waals surface area contributed by atoms with Crippen molar-refractivity contribution in [2.45, 2.75) is 12.5 Å². The Morgan fingerprint density at radius 2 is 2.00 bits per heavy atom. The maximum atomic E-state index is 13.6.